The molecule has 1 aliphatic carbocycles. The van der Waals surface area contributed by atoms with Crippen molar-refractivity contribution in [1.82, 2.24) is 0 Å². The van der Waals surface area contributed by atoms with Crippen LogP contribution >= 0.6 is 0 Å². The van der Waals surface area contributed by atoms with Crippen LogP contribution in [0.15, 0.2) is 53.1 Å². The minimum absolute atomic E-state index is 1.04. The van der Waals surface area contributed by atoms with Gasteiger partial charge in [-0.2, -0.15) is 0 Å². The summed E-state index contributed by atoms with van der Waals surface area (Å²) in [5, 5.41) is 0. The molecule has 0 heterocycles. The van der Waals surface area contributed by atoms with E-state index in [-0.39, 0.29) is 0 Å². The molecule has 0 bridgehead atoms. The van der Waals surface area contributed by atoms with Crippen LogP contribution in [-0.2, 0) is 0 Å². The maximum absolute atomic E-state index is 4.16. The highest BCUT2D eigenvalue weighted by Crippen LogP contribution is 2.07. The van der Waals surface area contributed by atoms with E-state index in [4.69, 9.17) is 0 Å². The van der Waals surface area contributed by atoms with Crippen molar-refractivity contribution in [3.63, 3.8) is 0 Å². The summed E-state index contributed by atoms with van der Waals surface area (Å²) in [6, 6.07) is 0. The first-order valence-electron chi connectivity index (χ1n) is 4.03. The topological polar surface area (TPSA) is 12.4 Å². The number of rotatable bonds is 1. The Balaban J connectivity index is 2.90. The van der Waals surface area contributed by atoms with Gasteiger partial charge in [-0.05, 0) is 18.6 Å². The SMILES string of the molecule is C/C=C/C=C1/C=CC=CC1=NC. The molecule has 0 atom stereocenters. The molecule has 0 unspecified atom stereocenters. The highest BCUT2D eigenvalue weighted by molar-refractivity contribution is 6.11. The predicted molar refractivity (Wildman–Crippen MR) is 54.5 cm³/mol. The van der Waals surface area contributed by atoms with Crippen molar-refractivity contribution < 1.29 is 0 Å². The molecule has 0 aromatic rings. The number of hydrogen-bond donors (Lipinski definition) is 0. The van der Waals surface area contributed by atoms with Crippen LogP contribution < -0.4 is 0 Å². The van der Waals surface area contributed by atoms with Crippen molar-refractivity contribution in [2.24, 2.45) is 4.99 Å². The molecule has 0 radical (unpaired) electrons. The molecule has 0 fully saturated rings. The minimum Gasteiger partial charge on any atom is -0.288 e. The number of hydrogen-bond acceptors (Lipinski definition) is 1. The molecule has 12 heavy (non-hydrogen) atoms. The Morgan fingerprint density at radius 2 is 2.00 bits per heavy atom. The van der Waals surface area contributed by atoms with E-state index in [0.29, 0.717) is 0 Å². The molecule has 62 valence electrons. The smallest absolute Gasteiger partial charge is 0.0643 e. The van der Waals surface area contributed by atoms with Crippen LogP contribution in [0.5, 0.6) is 0 Å². The fraction of sp³-hybridized carbons (Fsp3) is 0.182. The Bertz CT molecular complexity index is 288. The predicted octanol–water partition coefficient (Wildman–Crippen LogP) is 2.69. The number of aliphatic imine (C=N–C) groups is 1. The van der Waals surface area contributed by atoms with Gasteiger partial charge in [-0.15, -0.1) is 0 Å². The van der Waals surface area contributed by atoms with Gasteiger partial charge in [0.05, 0.1) is 5.71 Å². The summed E-state index contributed by atoms with van der Waals surface area (Å²) in [5.41, 5.74) is 2.20. The monoisotopic (exact) mass is 159 g/mol. The van der Waals surface area contributed by atoms with Gasteiger partial charge in [0.1, 0.15) is 0 Å². The fourth-order valence-corrected chi connectivity index (χ4v) is 1.03. The van der Waals surface area contributed by atoms with Gasteiger partial charge in [0.2, 0.25) is 0 Å². The van der Waals surface area contributed by atoms with E-state index in [0.717, 1.165) is 11.3 Å². The summed E-state index contributed by atoms with van der Waals surface area (Å²) in [6.07, 6.45) is 14.2. The van der Waals surface area contributed by atoms with Crippen LogP contribution in [0.4, 0.5) is 0 Å². The quantitative estimate of drug-likeness (QED) is 0.557. The molecule has 0 N–H and O–H groups in total. The molecule has 0 spiro atoms. The van der Waals surface area contributed by atoms with Crippen molar-refractivity contribution in [3.05, 3.63) is 48.1 Å². The third-order valence-corrected chi connectivity index (χ3v) is 1.65. The zero-order chi connectivity index (χ0) is 8.81. The lowest BCUT2D eigenvalue weighted by atomic mass is 10.1. The van der Waals surface area contributed by atoms with Crippen molar-refractivity contribution >= 4 is 5.71 Å². The van der Waals surface area contributed by atoms with Crippen LogP contribution in [0.2, 0.25) is 0 Å². The van der Waals surface area contributed by atoms with Crippen LogP contribution in [0.1, 0.15) is 6.92 Å². The summed E-state index contributed by atoms with van der Waals surface area (Å²) in [6.45, 7) is 2.00. The van der Waals surface area contributed by atoms with Gasteiger partial charge >= 0.3 is 0 Å². The zero-order valence-corrected chi connectivity index (χ0v) is 7.49. The maximum Gasteiger partial charge on any atom is 0.0643 e. The molecule has 0 aliphatic heterocycles. The van der Waals surface area contributed by atoms with E-state index in [1.807, 2.05) is 44.4 Å². The van der Waals surface area contributed by atoms with E-state index in [1.165, 1.54) is 0 Å². The molecular formula is C11H13N. The summed E-state index contributed by atoms with van der Waals surface area (Å²) in [7, 11) is 1.81. The fourth-order valence-electron chi connectivity index (χ4n) is 1.03. The van der Waals surface area contributed by atoms with Gasteiger partial charge < -0.3 is 0 Å². The lowest BCUT2D eigenvalue weighted by Crippen LogP contribution is -1.98. The molecule has 0 aromatic heterocycles. The highest BCUT2D eigenvalue weighted by Gasteiger charge is 1.99. The first-order chi connectivity index (χ1) is 5.88. The van der Waals surface area contributed by atoms with E-state index >= 15 is 0 Å². The van der Waals surface area contributed by atoms with E-state index in [2.05, 4.69) is 17.1 Å². The highest BCUT2D eigenvalue weighted by atomic mass is 14.7. The summed E-state index contributed by atoms with van der Waals surface area (Å²) in [5.74, 6) is 0. The standard InChI is InChI=1S/C11H13N/c1-3-4-7-10-8-5-6-9-11(10)12-2/h3-9H,1-2H3/b4-3+,10-7-,12-11?. The van der Waals surface area contributed by atoms with E-state index in [9.17, 15) is 0 Å². The van der Waals surface area contributed by atoms with Gasteiger partial charge in [-0.25, -0.2) is 0 Å². The number of nitrogens with zero attached hydrogens (tertiary/aromatic N) is 1. The van der Waals surface area contributed by atoms with Crippen LogP contribution in [0, 0.1) is 0 Å². The maximum atomic E-state index is 4.16. The molecule has 0 aromatic carbocycles. The van der Waals surface area contributed by atoms with Crippen LogP contribution in [0.25, 0.3) is 0 Å². The third kappa shape index (κ3) is 2.06. The van der Waals surface area contributed by atoms with Gasteiger partial charge in [-0.3, -0.25) is 4.99 Å². The molecule has 0 saturated heterocycles. The Morgan fingerprint density at radius 1 is 1.25 bits per heavy atom. The largest absolute Gasteiger partial charge is 0.288 e. The average Bonchev–Trinajstić information content (AvgIpc) is 2.15. The first-order valence-corrected chi connectivity index (χ1v) is 4.03. The summed E-state index contributed by atoms with van der Waals surface area (Å²) < 4.78 is 0. The third-order valence-electron chi connectivity index (χ3n) is 1.65. The Labute approximate surface area is 73.5 Å². The van der Waals surface area contributed by atoms with Gasteiger partial charge in [-0.1, -0.05) is 36.5 Å². The second-order valence-corrected chi connectivity index (χ2v) is 2.47. The van der Waals surface area contributed by atoms with Crippen LogP contribution in [0.3, 0.4) is 0 Å². The van der Waals surface area contributed by atoms with Crippen molar-refractivity contribution in [2.45, 2.75) is 6.92 Å². The molecule has 1 rings (SSSR count). The van der Waals surface area contributed by atoms with Gasteiger partial charge in [0, 0.05) is 7.05 Å². The van der Waals surface area contributed by atoms with Gasteiger partial charge in [0.25, 0.3) is 0 Å². The Hall–Kier alpha value is -1.37. The van der Waals surface area contributed by atoms with Crippen LogP contribution in [-0.4, -0.2) is 12.8 Å². The summed E-state index contributed by atoms with van der Waals surface area (Å²) >= 11 is 0. The van der Waals surface area contributed by atoms with Crippen molar-refractivity contribution in [3.8, 4) is 0 Å². The Kier molecular flexibility index (Phi) is 3.27. The second-order valence-electron chi connectivity index (χ2n) is 2.47. The molecule has 1 aliphatic rings. The minimum atomic E-state index is 1.04. The van der Waals surface area contributed by atoms with Crippen molar-refractivity contribution in [2.75, 3.05) is 7.05 Å². The molecule has 0 saturated carbocycles. The zero-order valence-electron chi connectivity index (χ0n) is 7.49. The lowest BCUT2D eigenvalue weighted by Gasteiger charge is -2.03. The Morgan fingerprint density at radius 3 is 2.67 bits per heavy atom. The first kappa shape index (κ1) is 8.72. The normalized spacial score (nSPS) is 23.2. The molecule has 0 amide bonds. The molecule has 1 heteroatoms. The lowest BCUT2D eigenvalue weighted by molar-refractivity contribution is 1.43. The summed E-state index contributed by atoms with van der Waals surface area (Å²) in [4.78, 5) is 4.16. The number of allylic oxidation sites excluding steroid dienone is 8. The average molecular weight is 159 g/mol. The molecular weight excluding hydrogens is 146 g/mol. The van der Waals surface area contributed by atoms with Gasteiger partial charge in [0.15, 0.2) is 0 Å². The second kappa shape index (κ2) is 4.50. The molecule has 1 nitrogen and oxygen atoms in total. The van der Waals surface area contributed by atoms with E-state index < -0.39 is 0 Å². The van der Waals surface area contributed by atoms with E-state index in [1.54, 1.807) is 0 Å². The van der Waals surface area contributed by atoms with Crippen molar-refractivity contribution in [1.29, 1.82) is 0 Å².